The predicted octanol–water partition coefficient (Wildman–Crippen LogP) is 2.17. The third-order valence-corrected chi connectivity index (χ3v) is 3.31. The highest BCUT2D eigenvalue weighted by Gasteiger charge is 2.37. The largest absolute Gasteiger partial charge is 0.327 e. The van der Waals surface area contributed by atoms with E-state index in [1.165, 1.54) is 6.07 Å². The fourth-order valence-electron chi connectivity index (χ4n) is 1.54. The summed E-state index contributed by atoms with van der Waals surface area (Å²) in [5.41, 5.74) is 6.77. The zero-order chi connectivity index (χ0) is 10.3. The van der Waals surface area contributed by atoms with Gasteiger partial charge < -0.3 is 5.73 Å². The van der Waals surface area contributed by atoms with E-state index in [4.69, 9.17) is 5.73 Å². The maximum Gasteiger partial charge on any atom is 0.283 e. The van der Waals surface area contributed by atoms with Crippen molar-refractivity contribution < 1.29 is 4.92 Å². The maximum atomic E-state index is 10.6. The summed E-state index contributed by atoms with van der Waals surface area (Å²) in [6.07, 6.45) is 0.916. The first-order valence-electron chi connectivity index (χ1n) is 4.29. The van der Waals surface area contributed by atoms with Gasteiger partial charge in [-0.3, -0.25) is 10.1 Å². The molecule has 0 unspecified atom stereocenters. The zero-order valence-corrected chi connectivity index (χ0v) is 8.90. The summed E-state index contributed by atoms with van der Waals surface area (Å²) in [7, 11) is 0. The van der Waals surface area contributed by atoms with Crippen LogP contribution in [0.4, 0.5) is 5.69 Å². The molecule has 0 heterocycles. The molecule has 1 fully saturated rings. The first kappa shape index (κ1) is 9.61. The second-order valence-electron chi connectivity index (χ2n) is 3.44. The monoisotopic (exact) mass is 256 g/mol. The number of nitro groups is 1. The molecule has 0 spiro atoms. The summed E-state index contributed by atoms with van der Waals surface area (Å²) in [5, 5.41) is 10.6. The Labute approximate surface area is 89.4 Å². The smallest absolute Gasteiger partial charge is 0.283 e. The number of rotatable bonds is 2. The molecule has 2 atom stereocenters. The van der Waals surface area contributed by atoms with Gasteiger partial charge in [-0.15, -0.1) is 0 Å². The molecule has 1 saturated carbocycles. The molecule has 0 aliphatic heterocycles. The van der Waals surface area contributed by atoms with Gasteiger partial charge in [0.1, 0.15) is 0 Å². The average Bonchev–Trinajstić information content (AvgIpc) is 2.82. The molecule has 1 aliphatic rings. The Balaban J connectivity index is 2.42. The minimum Gasteiger partial charge on any atom is -0.327 e. The van der Waals surface area contributed by atoms with Crippen molar-refractivity contribution in [2.75, 3.05) is 0 Å². The predicted molar refractivity (Wildman–Crippen MR) is 56.1 cm³/mol. The van der Waals surface area contributed by atoms with Crippen molar-refractivity contribution in [1.82, 2.24) is 0 Å². The van der Waals surface area contributed by atoms with Gasteiger partial charge in [0.2, 0.25) is 0 Å². The second kappa shape index (κ2) is 3.33. The van der Waals surface area contributed by atoms with Crippen molar-refractivity contribution in [3.63, 3.8) is 0 Å². The molecule has 74 valence electrons. The van der Waals surface area contributed by atoms with E-state index < -0.39 is 0 Å². The van der Waals surface area contributed by atoms with Crippen LogP contribution in [0.3, 0.4) is 0 Å². The topological polar surface area (TPSA) is 69.2 Å². The average molecular weight is 257 g/mol. The third-order valence-electron chi connectivity index (χ3n) is 2.44. The van der Waals surface area contributed by atoms with Gasteiger partial charge >= 0.3 is 0 Å². The summed E-state index contributed by atoms with van der Waals surface area (Å²) >= 11 is 3.25. The van der Waals surface area contributed by atoms with E-state index in [9.17, 15) is 10.1 Å². The van der Waals surface area contributed by atoms with Gasteiger partial charge in [-0.2, -0.15) is 0 Å². The van der Waals surface area contributed by atoms with Crippen LogP contribution in [0, 0.1) is 10.1 Å². The molecule has 0 aromatic heterocycles. The molecule has 1 aromatic carbocycles. The fourth-order valence-corrected chi connectivity index (χ4v) is 2.24. The van der Waals surface area contributed by atoms with Crippen LogP contribution in [0.2, 0.25) is 0 Å². The van der Waals surface area contributed by atoms with Crippen LogP contribution in [0.5, 0.6) is 0 Å². The molecule has 4 nitrogen and oxygen atoms in total. The van der Waals surface area contributed by atoms with Gasteiger partial charge in [-0.05, 0) is 27.9 Å². The number of hydrogen-bond donors (Lipinski definition) is 1. The molecule has 0 bridgehead atoms. The lowest BCUT2D eigenvalue weighted by Crippen LogP contribution is -2.02. The molecule has 5 heteroatoms. The van der Waals surface area contributed by atoms with Crippen LogP contribution in [0.15, 0.2) is 22.7 Å². The molecule has 1 aliphatic carbocycles. The zero-order valence-electron chi connectivity index (χ0n) is 7.31. The summed E-state index contributed by atoms with van der Waals surface area (Å²) in [4.78, 5) is 10.3. The van der Waals surface area contributed by atoms with Gasteiger partial charge in [0.25, 0.3) is 5.69 Å². The lowest BCUT2D eigenvalue weighted by atomic mass is 10.1. The molecule has 2 N–H and O–H groups in total. The van der Waals surface area contributed by atoms with E-state index in [1.54, 1.807) is 6.07 Å². The molecule has 0 radical (unpaired) electrons. The van der Waals surface area contributed by atoms with E-state index in [-0.39, 0.29) is 22.6 Å². The van der Waals surface area contributed by atoms with Crippen LogP contribution in [0.25, 0.3) is 0 Å². The Morgan fingerprint density at radius 3 is 2.71 bits per heavy atom. The fraction of sp³-hybridized carbons (Fsp3) is 0.333. The summed E-state index contributed by atoms with van der Waals surface area (Å²) in [6, 6.07) is 5.23. The van der Waals surface area contributed by atoms with E-state index in [0.717, 1.165) is 12.0 Å². The summed E-state index contributed by atoms with van der Waals surface area (Å²) < 4.78 is 0.572. The number of hydrogen-bond acceptors (Lipinski definition) is 3. The normalized spacial score (nSPS) is 24.7. The van der Waals surface area contributed by atoms with Crippen LogP contribution in [-0.2, 0) is 0 Å². The Kier molecular flexibility index (Phi) is 2.28. The molecule has 0 amide bonds. The van der Waals surface area contributed by atoms with Crippen LogP contribution in [0.1, 0.15) is 17.9 Å². The molecule has 2 rings (SSSR count). The standard InChI is InChI=1S/C9H9BrN2O2/c10-9-5(6-4-7(6)11)2-1-3-8(9)12(13)14/h1-3,6-7H,4,11H2/t6-,7+/m0/s1. The van der Waals surface area contributed by atoms with E-state index in [0.29, 0.717) is 4.47 Å². The molecule has 1 aromatic rings. The number of halogens is 1. The van der Waals surface area contributed by atoms with Crippen LogP contribution < -0.4 is 5.73 Å². The van der Waals surface area contributed by atoms with Crippen molar-refractivity contribution in [3.05, 3.63) is 38.3 Å². The maximum absolute atomic E-state index is 10.6. The van der Waals surface area contributed by atoms with Crippen molar-refractivity contribution >= 4 is 21.6 Å². The molecule has 0 saturated heterocycles. The van der Waals surface area contributed by atoms with Crippen LogP contribution >= 0.6 is 15.9 Å². The number of nitrogens with zero attached hydrogens (tertiary/aromatic N) is 1. The minimum absolute atomic E-state index is 0.113. The first-order chi connectivity index (χ1) is 6.61. The van der Waals surface area contributed by atoms with Gasteiger partial charge in [-0.1, -0.05) is 12.1 Å². The molecule has 14 heavy (non-hydrogen) atoms. The van der Waals surface area contributed by atoms with Crippen molar-refractivity contribution in [2.24, 2.45) is 5.73 Å². The lowest BCUT2D eigenvalue weighted by Gasteiger charge is -2.02. The lowest BCUT2D eigenvalue weighted by molar-refractivity contribution is -0.385. The van der Waals surface area contributed by atoms with Gasteiger partial charge in [0.15, 0.2) is 0 Å². The summed E-state index contributed by atoms with van der Waals surface area (Å²) in [6.45, 7) is 0. The van der Waals surface area contributed by atoms with E-state index >= 15 is 0 Å². The van der Waals surface area contributed by atoms with E-state index in [2.05, 4.69) is 15.9 Å². The van der Waals surface area contributed by atoms with E-state index in [1.807, 2.05) is 6.07 Å². The van der Waals surface area contributed by atoms with Crippen molar-refractivity contribution in [1.29, 1.82) is 0 Å². The molecular formula is C9H9BrN2O2. The number of nitro benzene ring substituents is 1. The second-order valence-corrected chi connectivity index (χ2v) is 4.24. The van der Waals surface area contributed by atoms with Crippen LogP contribution in [-0.4, -0.2) is 11.0 Å². The highest BCUT2D eigenvalue weighted by molar-refractivity contribution is 9.10. The quantitative estimate of drug-likeness (QED) is 0.652. The molecular weight excluding hydrogens is 248 g/mol. The third kappa shape index (κ3) is 1.53. The number of nitrogens with two attached hydrogens (primary N) is 1. The van der Waals surface area contributed by atoms with Gasteiger partial charge in [-0.25, -0.2) is 0 Å². The summed E-state index contributed by atoms with van der Waals surface area (Å²) in [5.74, 6) is 0.282. The minimum atomic E-state index is -0.387. The first-order valence-corrected chi connectivity index (χ1v) is 5.09. The van der Waals surface area contributed by atoms with Gasteiger partial charge in [0, 0.05) is 18.0 Å². The highest BCUT2D eigenvalue weighted by Crippen LogP contribution is 2.44. The van der Waals surface area contributed by atoms with Crippen molar-refractivity contribution in [3.8, 4) is 0 Å². The Morgan fingerprint density at radius 1 is 1.57 bits per heavy atom. The van der Waals surface area contributed by atoms with Crippen molar-refractivity contribution in [2.45, 2.75) is 18.4 Å². The highest BCUT2D eigenvalue weighted by atomic mass is 79.9. The Morgan fingerprint density at radius 2 is 2.21 bits per heavy atom. The number of benzene rings is 1. The SMILES string of the molecule is N[C@@H]1C[C@H]1c1cccc([N+](=O)[O-])c1Br. The van der Waals surface area contributed by atoms with Gasteiger partial charge in [0.05, 0.1) is 9.40 Å². The Bertz CT molecular complexity index is 394. The Hall–Kier alpha value is -0.940.